The van der Waals surface area contributed by atoms with Crippen LogP contribution in [0.15, 0.2) is 48.5 Å². The van der Waals surface area contributed by atoms with Gasteiger partial charge in [-0.25, -0.2) is 0 Å². The van der Waals surface area contributed by atoms with Crippen molar-refractivity contribution in [1.29, 1.82) is 0 Å². The predicted molar refractivity (Wildman–Crippen MR) is 106 cm³/mol. The Morgan fingerprint density at radius 3 is 2.59 bits per heavy atom. The molecule has 1 aliphatic heterocycles. The normalized spacial score (nSPS) is 13.6. The Morgan fingerprint density at radius 2 is 1.93 bits per heavy atom. The van der Waals surface area contributed by atoms with E-state index in [1.807, 2.05) is 18.2 Å². The summed E-state index contributed by atoms with van der Waals surface area (Å²) in [7, 11) is 0. The number of carbonyl (C=O) groups excluding carboxylic acids is 2. The molecular formula is C20H20N2O4S. The van der Waals surface area contributed by atoms with Crippen LogP contribution in [0.3, 0.4) is 0 Å². The highest BCUT2D eigenvalue weighted by molar-refractivity contribution is 7.99. The van der Waals surface area contributed by atoms with Crippen molar-refractivity contribution in [2.24, 2.45) is 0 Å². The highest BCUT2D eigenvalue weighted by Gasteiger charge is 2.21. The summed E-state index contributed by atoms with van der Waals surface area (Å²) >= 11 is 1.31. The van der Waals surface area contributed by atoms with Crippen molar-refractivity contribution in [3.63, 3.8) is 0 Å². The smallest absolute Gasteiger partial charge is 0.313 e. The molecule has 140 valence electrons. The van der Waals surface area contributed by atoms with Gasteiger partial charge in [0.2, 0.25) is 5.91 Å². The Balaban J connectivity index is 1.61. The molecule has 3 rings (SSSR count). The fourth-order valence-electron chi connectivity index (χ4n) is 2.91. The Bertz CT molecular complexity index is 851. The first-order chi connectivity index (χ1) is 13.0. The van der Waals surface area contributed by atoms with E-state index >= 15 is 0 Å². The fraction of sp³-hybridized carbons (Fsp3) is 0.250. The SMILES string of the molecule is O=C(O)CSCc1cccc(NC(=O)c2ccc(N3CCCC3=O)cc2)c1. The number of benzene rings is 2. The molecular weight excluding hydrogens is 364 g/mol. The lowest BCUT2D eigenvalue weighted by Gasteiger charge is -2.15. The molecule has 0 saturated carbocycles. The van der Waals surface area contributed by atoms with E-state index in [0.29, 0.717) is 23.4 Å². The van der Waals surface area contributed by atoms with E-state index in [0.717, 1.165) is 24.2 Å². The molecule has 1 aliphatic rings. The number of amides is 2. The van der Waals surface area contributed by atoms with E-state index in [1.54, 1.807) is 35.2 Å². The molecule has 6 nitrogen and oxygen atoms in total. The molecule has 2 amide bonds. The number of rotatable bonds is 7. The van der Waals surface area contributed by atoms with Gasteiger partial charge in [0.1, 0.15) is 0 Å². The molecule has 1 heterocycles. The largest absolute Gasteiger partial charge is 0.481 e. The second-order valence-corrected chi connectivity index (χ2v) is 7.22. The van der Waals surface area contributed by atoms with Gasteiger partial charge < -0.3 is 15.3 Å². The van der Waals surface area contributed by atoms with Gasteiger partial charge in [0, 0.05) is 35.7 Å². The first kappa shape index (κ1) is 19.0. The van der Waals surface area contributed by atoms with Crippen LogP contribution in [0, 0.1) is 0 Å². The van der Waals surface area contributed by atoms with Gasteiger partial charge in [-0.05, 0) is 48.4 Å². The molecule has 0 atom stereocenters. The lowest BCUT2D eigenvalue weighted by molar-refractivity contribution is -0.133. The van der Waals surface area contributed by atoms with Crippen LogP contribution in [0.5, 0.6) is 0 Å². The maximum Gasteiger partial charge on any atom is 0.313 e. The molecule has 0 aliphatic carbocycles. The first-order valence-electron chi connectivity index (χ1n) is 8.63. The third-order valence-electron chi connectivity index (χ3n) is 4.19. The third-order valence-corrected chi connectivity index (χ3v) is 5.18. The van der Waals surface area contributed by atoms with E-state index in [2.05, 4.69) is 5.32 Å². The minimum atomic E-state index is -0.844. The summed E-state index contributed by atoms with van der Waals surface area (Å²) in [5, 5.41) is 11.5. The third kappa shape index (κ3) is 5.10. The summed E-state index contributed by atoms with van der Waals surface area (Å²) in [4.78, 5) is 36.6. The number of anilines is 2. The van der Waals surface area contributed by atoms with Crippen LogP contribution in [0.2, 0.25) is 0 Å². The zero-order valence-electron chi connectivity index (χ0n) is 14.7. The Hall–Kier alpha value is -2.80. The second kappa shape index (κ2) is 8.73. The Morgan fingerprint density at radius 1 is 1.15 bits per heavy atom. The minimum Gasteiger partial charge on any atom is -0.481 e. The van der Waals surface area contributed by atoms with Crippen LogP contribution in [-0.2, 0) is 15.3 Å². The van der Waals surface area contributed by atoms with E-state index in [4.69, 9.17) is 5.11 Å². The lowest BCUT2D eigenvalue weighted by Crippen LogP contribution is -2.23. The fourth-order valence-corrected chi connectivity index (χ4v) is 3.60. The quantitative estimate of drug-likeness (QED) is 0.764. The zero-order valence-corrected chi connectivity index (χ0v) is 15.5. The van der Waals surface area contributed by atoms with Gasteiger partial charge in [0.25, 0.3) is 5.91 Å². The average molecular weight is 384 g/mol. The van der Waals surface area contributed by atoms with Crippen LogP contribution in [0.4, 0.5) is 11.4 Å². The molecule has 1 saturated heterocycles. The van der Waals surface area contributed by atoms with Gasteiger partial charge in [0.15, 0.2) is 0 Å². The molecule has 27 heavy (non-hydrogen) atoms. The van der Waals surface area contributed by atoms with E-state index < -0.39 is 5.97 Å². The maximum absolute atomic E-state index is 12.5. The molecule has 2 aromatic carbocycles. The standard InChI is InChI=1S/C20H20N2O4S/c23-18-5-2-10-22(18)17-8-6-15(7-9-17)20(26)21-16-4-1-3-14(11-16)12-27-13-19(24)25/h1,3-4,6-9,11H,2,5,10,12-13H2,(H,21,26)(H,24,25). The number of carboxylic acid groups (broad SMARTS) is 1. The van der Waals surface area contributed by atoms with Gasteiger partial charge >= 0.3 is 5.97 Å². The van der Waals surface area contributed by atoms with Crippen LogP contribution in [-0.4, -0.2) is 35.2 Å². The molecule has 0 radical (unpaired) electrons. The second-order valence-electron chi connectivity index (χ2n) is 6.24. The summed E-state index contributed by atoms with van der Waals surface area (Å²) < 4.78 is 0. The van der Waals surface area contributed by atoms with Crippen LogP contribution < -0.4 is 10.2 Å². The molecule has 2 N–H and O–H groups in total. The molecule has 0 spiro atoms. The number of hydrogen-bond donors (Lipinski definition) is 2. The average Bonchev–Trinajstić information content (AvgIpc) is 3.08. The summed E-state index contributed by atoms with van der Waals surface area (Å²) in [5.41, 5.74) is 2.93. The number of aliphatic carboxylic acids is 1. The van der Waals surface area contributed by atoms with Crippen molar-refractivity contribution in [2.45, 2.75) is 18.6 Å². The molecule has 1 fully saturated rings. The van der Waals surface area contributed by atoms with Crippen molar-refractivity contribution in [3.05, 3.63) is 59.7 Å². The van der Waals surface area contributed by atoms with Crippen molar-refractivity contribution in [3.8, 4) is 0 Å². The number of nitrogens with one attached hydrogen (secondary N) is 1. The first-order valence-corrected chi connectivity index (χ1v) is 9.78. The van der Waals surface area contributed by atoms with Crippen molar-refractivity contribution >= 4 is 40.9 Å². The van der Waals surface area contributed by atoms with E-state index in [9.17, 15) is 14.4 Å². The molecule has 7 heteroatoms. The van der Waals surface area contributed by atoms with E-state index in [-0.39, 0.29) is 17.6 Å². The van der Waals surface area contributed by atoms with Gasteiger partial charge in [-0.1, -0.05) is 12.1 Å². The number of hydrogen-bond acceptors (Lipinski definition) is 4. The van der Waals surface area contributed by atoms with Crippen molar-refractivity contribution in [1.82, 2.24) is 0 Å². The van der Waals surface area contributed by atoms with Gasteiger partial charge in [-0.15, -0.1) is 11.8 Å². The minimum absolute atomic E-state index is 0.0441. The monoisotopic (exact) mass is 384 g/mol. The van der Waals surface area contributed by atoms with Crippen LogP contribution in [0.1, 0.15) is 28.8 Å². The number of carbonyl (C=O) groups is 3. The van der Waals surface area contributed by atoms with Gasteiger partial charge in [-0.3, -0.25) is 14.4 Å². The molecule has 2 aromatic rings. The molecule has 0 aromatic heterocycles. The number of nitrogens with zero attached hydrogens (tertiary/aromatic N) is 1. The number of thioether (sulfide) groups is 1. The highest BCUT2D eigenvalue weighted by atomic mass is 32.2. The predicted octanol–water partition coefficient (Wildman–Crippen LogP) is 3.38. The number of carboxylic acids is 1. The van der Waals surface area contributed by atoms with E-state index in [1.165, 1.54) is 11.8 Å². The van der Waals surface area contributed by atoms with Crippen LogP contribution >= 0.6 is 11.8 Å². The van der Waals surface area contributed by atoms with Gasteiger partial charge in [-0.2, -0.15) is 0 Å². The molecule has 0 bridgehead atoms. The van der Waals surface area contributed by atoms with Crippen molar-refractivity contribution in [2.75, 3.05) is 22.5 Å². The zero-order chi connectivity index (χ0) is 19.2. The Kier molecular flexibility index (Phi) is 6.13. The maximum atomic E-state index is 12.5. The topological polar surface area (TPSA) is 86.7 Å². The van der Waals surface area contributed by atoms with Crippen molar-refractivity contribution < 1.29 is 19.5 Å². The summed E-state index contributed by atoms with van der Waals surface area (Å²) in [6, 6.07) is 14.4. The lowest BCUT2D eigenvalue weighted by atomic mass is 10.1. The highest BCUT2D eigenvalue weighted by Crippen LogP contribution is 2.22. The summed E-state index contributed by atoms with van der Waals surface area (Å²) in [5.74, 6) is -0.352. The Labute approximate surface area is 161 Å². The van der Waals surface area contributed by atoms with Crippen LogP contribution in [0.25, 0.3) is 0 Å². The van der Waals surface area contributed by atoms with Gasteiger partial charge in [0.05, 0.1) is 5.75 Å². The molecule has 0 unspecified atom stereocenters. The summed E-state index contributed by atoms with van der Waals surface area (Å²) in [6.07, 6.45) is 1.44. The summed E-state index contributed by atoms with van der Waals surface area (Å²) in [6.45, 7) is 0.719.